The van der Waals surface area contributed by atoms with Crippen LogP contribution in [0.25, 0.3) is 5.82 Å². The minimum absolute atomic E-state index is 0.0388. The van der Waals surface area contributed by atoms with E-state index >= 15 is 0 Å². The molecule has 39 heavy (non-hydrogen) atoms. The highest BCUT2D eigenvalue weighted by Gasteiger charge is 2.28. The van der Waals surface area contributed by atoms with Crippen LogP contribution in [0.1, 0.15) is 47.9 Å². The Kier molecular flexibility index (Phi) is 8.07. The third-order valence-corrected chi connectivity index (χ3v) is 6.70. The lowest BCUT2D eigenvalue weighted by Gasteiger charge is -2.33. The standard InChI is InChI=1S/C24H30N10O5/c1-16-4-2-3-9-33(16)15-19-20(27-31-34(19)22-21(25)29-39-30-22)23(35)28-26-14-17-5-7-18(8-6-17)38-24(36)32-10-12-37-13-11-32/h5-8,14,16H,2-4,9-13,15H2,1H3,(H2,25,29)(H,28,35)/b26-14-. The predicted molar refractivity (Wildman–Crippen MR) is 137 cm³/mol. The summed E-state index contributed by atoms with van der Waals surface area (Å²) in [6, 6.07) is 7.08. The highest BCUT2D eigenvalue weighted by molar-refractivity contribution is 5.94. The summed E-state index contributed by atoms with van der Waals surface area (Å²) in [5.41, 5.74) is 9.67. The first-order valence-corrected chi connectivity index (χ1v) is 12.7. The molecule has 206 valence electrons. The molecule has 1 unspecified atom stereocenters. The van der Waals surface area contributed by atoms with Crippen LogP contribution in [-0.2, 0) is 11.3 Å². The number of amides is 2. The number of hydrazone groups is 1. The number of nitrogens with zero attached hydrogens (tertiary/aromatic N) is 8. The SMILES string of the molecule is CC1CCCCN1Cc1c(C(=O)N/N=C\c2ccc(OC(=O)N3CCOCC3)cc2)nnn1-c1nonc1N. The van der Waals surface area contributed by atoms with Crippen LogP contribution in [-0.4, -0.2) is 92.2 Å². The molecule has 0 saturated carbocycles. The first kappa shape index (κ1) is 26.2. The fraction of sp³-hybridized carbons (Fsp3) is 0.458. The Morgan fingerprint density at radius 3 is 2.69 bits per heavy atom. The smallest absolute Gasteiger partial charge is 0.410 e. The lowest BCUT2D eigenvalue weighted by Crippen LogP contribution is -2.42. The number of aromatic nitrogens is 5. The Morgan fingerprint density at radius 1 is 1.18 bits per heavy atom. The Balaban J connectivity index is 1.25. The molecule has 0 aliphatic carbocycles. The van der Waals surface area contributed by atoms with Crippen molar-refractivity contribution in [2.24, 2.45) is 5.10 Å². The predicted octanol–water partition coefficient (Wildman–Crippen LogP) is 1.20. The highest BCUT2D eigenvalue weighted by atomic mass is 16.6. The Bertz CT molecular complexity index is 1320. The van der Waals surface area contributed by atoms with Gasteiger partial charge in [0.15, 0.2) is 5.69 Å². The van der Waals surface area contributed by atoms with Crippen molar-refractivity contribution < 1.29 is 23.7 Å². The van der Waals surface area contributed by atoms with Gasteiger partial charge < -0.3 is 20.1 Å². The van der Waals surface area contributed by atoms with E-state index in [-0.39, 0.29) is 17.3 Å². The molecular formula is C24H30N10O5. The number of ether oxygens (including phenoxy) is 2. The number of anilines is 1. The van der Waals surface area contributed by atoms with Gasteiger partial charge in [0, 0.05) is 25.7 Å². The molecule has 4 heterocycles. The van der Waals surface area contributed by atoms with Gasteiger partial charge in [0.1, 0.15) is 5.75 Å². The van der Waals surface area contributed by atoms with Crippen LogP contribution in [0.15, 0.2) is 34.0 Å². The van der Waals surface area contributed by atoms with Gasteiger partial charge in [-0.05, 0) is 66.5 Å². The van der Waals surface area contributed by atoms with E-state index in [1.54, 1.807) is 29.2 Å². The molecule has 15 heteroatoms. The van der Waals surface area contributed by atoms with Crippen molar-refractivity contribution in [3.8, 4) is 11.6 Å². The summed E-state index contributed by atoms with van der Waals surface area (Å²) in [5.74, 6) is 0.0711. The van der Waals surface area contributed by atoms with E-state index < -0.39 is 12.0 Å². The van der Waals surface area contributed by atoms with Crippen molar-refractivity contribution in [1.82, 2.24) is 40.5 Å². The fourth-order valence-corrected chi connectivity index (χ4v) is 4.46. The summed E-state index contributed by atoms with van der Waals surface area (Å²) in [5, 5.41) is 19.7. The summed E-state index contributed by atoms with van der Waals surface area (Å²) >= 11 is 0. The Morgan fingerprint density at radius 2 is 1.97 bits per heavy atom. The molecule has 5 rings (SSSR count). The van der Waals surface area contributed by atoms with Crippen LogP contribution < -0.4 is 15.9 Å². The number of benzene rings is 1. The third kappa shape index (κ3) is 6.21. The van der Waals surface area contributed by atoms with Gasteiger partial charge in [-0.1, -0.05) is 11.6 Å². The van der Waals surface area contributed by atoms with E-state index in [9.17, 15) is 9.59 Å². The number of hydrogen-bond donors (Lipinski definition) is 2. The zero-order valence-corrected chi connectivity index (χ0v) is 21.5. The molecule has 1 aromatic carbocycles. The molecule has 2 fully saturated rings. The molecule has 2 amide bonds. The quantitative estimate of drug-likeness (QED) is 0.326. The third-order valence-electron chi connectivity index (χ3n) is 6.70. The number of nitrogens with one attached hydrogen (secondary N) is 1. The van der Waals surface area contributed by atoms with Crippen molar-refractivity contribution in [3.05, 3.63) is 41.2 Å². The number of carbonyl (C=O) groups is 2. The number of nitrogen functional groups attached to an aromatic ring is 1. The number of carbonyl (C=O) groups excluding carboxylic acids is 2. The summed E-state index contributed by atoms with van der Waals surface area (Å²) < 4.78 is 16.8. The van der Waals surface area contributed by atoms with Crippen LogP contribution >= 0.6 is 0 Å². The molecule has 2 aromatic heterocycles. The van der Waals surface area contributed by atoms with Gasteiger partial charge in [0.2, 0.25) is 11.6 Å². The maximum atomic E-state index is 13.1. The van der Waals surface area contributed by atoms with E-state index in [2.05, 4.69) is 43.0 Å². The summed E-state index contributed by atoms with van der Waals surface area (Å²) in [4.78, 5) is 29.1. The topological polar surface area (TPSA) is 179 Å². The molecule has 3 N–H and O–H groups in total. The monoisotopic (exact) mass is 538 g/mol. The number of rotatable bonds is 7. The average molecular weight is 539 g/mol. The zero-order valence-electron chi connectivity index (χ0n) is 21.5. The number of morpholine rings is 1. The van der Waals surface area contributed by atoms with Gasteiger partial charge >= 0.3 is 6.09 Å². The van der Waals surface area contributed by atoms with E-state index in [0.717, 1.165) is 25.8 Å². The second kappa shape index (κ2) is 12.0. The Hall–Kier alpha value is -4.37. The zero-order chi connectivity index (χ0) is 27.2. The molecule has 15 nitrogen and oxygen atoms in total. The van der Waals surface area contributed by atoms with Crippen LogP contribution in [0, 0.1) is 0 Å². The molecule has 3 aromatic rings. The van der Waals surface area contributed by atoms with Gasteiger partial charge in [-0.3, -0.25) is 9.69 Å². The normalized spacial score (nSPS) is 18.4. The van der Waals surface area contributed by atoms with Crippen LogP contribution in [0.2, 0.25) is 0 Å². The Labute approximate surface area is 223 Å². The molecule has 2 saturated heterocycles. The van der Waals surface area contributed by atoms with Crippen molar-refractivity contribution in [3.63, 3.8) is 0 Å². The van der Waals surface area contributed by atoms with Crippen molar-refractivity contribution in [2.75, 3.05) is 38.6 Å². The molecule has 0 bridgehead atoms. The first-order valence-electron chi connectivity index (χ1n) is 12.7. The number of nitrogens with two attached hydrogens (primary N) is 1. The van der Waals surface area contributed by atoms with E-state index in [0.29, 0.717) is 55.9 Å². The molecular weight excluding hydrogens is 508 g/mol. The van der Waals surface area contributed by atoms with Crippen molar-refractivity contribution in [2.45, 2.75) is 38.8 Å². The van der Waals surface area contributed by atoms with Gasteiger partial charge in [-0.25, -0.2) is 14.8 Å². The van der Waals surface area contributed by atoms with Crippen LogP contribution in [0.3, 0.4) is 0 Å². The van der Waals surface area contributed by atoms with Crippen LogP contribution in [0.5, 0.6) is 5.75 Å². The van der Waals surface area contributed by atoms with E-state index in [4.69, 9.17) is 19.8 Å². The van der Waals surface area contributed by atoms with E-state index in [1.807, 2.05) is 0 Å². The lowest BCUT2D eigenvalue weighted by atomic mass is 10.0. The van der Waals surface area contributed by atoms with Crippen molar-refractivity contribution in [1.29, 1.82) is 0 Å². The molecule has 0 spiro atoms. The second-order valence-corrected chi connectivity index (χ2v) is 9.32. The van der Waals surface area contributed by atoms with Gasteiger partial charge in [-0.15, -0.1) is 5.10 Å². The minimum atomic E-state index is -0.539. The first-order chi connectivity index (χ1) is 19.0. The van der Waals surface area contributed by atoms with E-state index in [1.165, 1.54) is 10.9 Å². The van der Waals surface area contributed by atoms with Crippen LogP contribution in [0.4, 0.5) is 10.6 Å². The summed E-state index contributed by atoms with van der Waals surface area (Å²) in [6.07, 6.45) is 4.34. The molecule has 0 radical (unpaired) electrons. The fourth-order valence-electron chi connectivity index (χ4n) is 4.46. The highest BCUT2D eigenvalue weighted by Crippen LogP contribution is 2.23. The molecule has 2 aliphatic rings. The second-order valence-electron chi connectivity index (χ2n) is 9.32. The largest absolute Gasteiger partial charge is 0.415 e. The van der Waals surface area contributed by atoms with Crippen molar-refractivity contribution >= 4 is 24.0 Å². The van der Waals surface area contributed by atoms with Gasteiger partial charge in [0.25, 0.3) is 5.91 Å². The minimum Gasteiger partial charge on any atom is -0.410 e. The van der Waals surface area contributed by atoms with Gasteiger partial charge in [0.05, 0.1) is 25.1 Å². The summed E-state index contributed by atoms with van der Waals surface area (Å²) in [6.45, 7) is 5.44. The summed E-state index contributed by atoms with van der Waals surface area (Å²) in [7, 11) is 0. The number of hydrogen-bond acceptors (Lipinski definition) is 12. The molecule has 1 atom stereocenters. The number of piperidine rings is 1. The van der Waals surface area contributed by atoms with Gasteiger partial charge in [-0.2, -0.15) is 9.78 Å². The molecule has 2 aliphatic heterocycles. The maximum Gasteiger partial charge on any atom is 0.415 e. The maximum absolute atomic E-state index is 13.1. The average Bonchev–Trinajstić information content (AvgIpc) is 3.57. The lowest BCUT2D eigenvalue weighted by molar-refractivity contribution is 0.0416. The number of likely N-dealkylation sites (tertiary alicyclic amines) is 1.